The first kappa shape index (κ1) is 10.5. The van der Waals surface area contributed by atoms with Gasteiger partial charge in [0.15, 0.2) is 0 Å². The van der Waals surface area contributed by atoms with Crippen molar-refractivity contribution in [1.82, 2.24) is 4.98 Å². The third-order valence-electron chi connectivity index (χ3n) is 2.66. The number of para-hydroxylation sites is 1. The van der Waals surface area contributed by atoms with E-state index in [1.807, 2.05) is 24.4 Å². The monoisotopic (exact) mass is 244 g/mol. The molecule has 3 rings (SSSR count). The van der Waals surface area contributed by atoms with Crippen LogP contribution in [0.2, 0.25) is 0 Å². The molecule has 0 fully saturated rings. The first-order chi connectivity index (χ1) is 8.38. The average Bonchev–Trinajstić information content (AvgIpc) is 2.95. The van der Waals surface area contributed by atoms with Crippen molar-refractivity contribution in [3.8, 4) is 10.4 Å². The van der Waals surface area contributed by atoms with Crippen LogP contribution in [0.15, 0.2) is 41.1 Å². The van der Waals surface area contributed by atoms with E-state index in [0.717, 1.165) is 32.8 Å². The maximum atomic E-state index is 5.53. The number of benzene rings is 1. The predicted octanol–water partition coefficient (Wildman–Crippen LogP) is 3.06. The first-order valence-electron chi connectivity index (χ1n) is 5.50. The molecule has 0 unspecified atom stereocenters. The molecule has 86 valence electrons. The Hall–Kier alpha value is -1.65. The van der Waals surface area contributed by atoms with Crippen LogP contribution in [0.3, 0.4) is 0 Å². The van der Waals surface area contributed by atoms with Crippen molar-refractivity contribution in [2.45, 2.75) is 6.42 Å². The Balaban J connectivity index is 2.07. The number of rotatable bonds is 3. The number of fused-ring (bicyclic) bond motifs is 1. The zero-order valence-corrected chi connectivity index (χ0v) is 10.0. The topological polar surface area (TPSA) is 52.0 Å². The molecule has 2 aromatic heterocycles. The molecule has 0 saturated carbocycles. The molecule has 4 heteroatoms. The molecule has 0 aliphatic heterocycles. The lowest BCUT2D eigenvalue weighted by molar-refractivity contribution is 0.617. The number of hydrogen-bond acceptors (Lipinski definition) is 4. The van der Waals surface area contributed by atoms with Gasteiger partial charge in [-0.3, -0.25) is 0 Å². The molecule has 0 spiro atoms. The minimum atomic E-state index is 0.638. The third kappa shape index (κ3) is 1.85. The maximum absolute atomic E-state index is 5.53. The van der Waals surface area contributed by atoms with Crippen molar-refractivity contribution in [1.29, 1.82) is 0 Å². The van der Waals surface area contributed by atoms with Crippen LogP contribution in [0, 0.1) is 0 Å². The number of nitrogens with zero attached hydrogens (tertiary/aromatic N) is 1. The summed E-state index contributed by atoms with van der Waals surface area (Å²) >= 11 is 1.68. The van der Waals surface area contributed by atoms with Gasteiger partial charge in [0.05, 0.1) is 9.88 Å². The Bertz CT molecular complexity index is 641. The molecule has 2 N–H and O–H groups in total. The first-order valence-corrected chi connectivity index (χ1v) is 6.31. The van der Waals surface area contributed by atoms with E-state index in [1.54, 1.807) is 17.6 Å². The summed E-state index contributed by atoms with van der Waals surface area (Å²) in [5.74, 6) is 0. The molecular weight excluding hydrogens is 232 g/mol. The number of nitrogens with two attached hydrogens (primary N) is 1. The second-order valence-corrected chi connectivity index (χ2v) is 4.92. The van der Waals surface area contributed by atoms with Crippen LogP contribution in [0.1, 0.15) is 5.01 Å². The lowest BCUT2D eigenvalue weighted by Gasteiger charge is -1.91. The summed E-state index contributed by atoms with van der Waals surface area (Å²) < 4.78 is 5.53. The Morgan fingerprint density at radius 1 is 1.29 bits per heavy atom. The van der Waals surface area contributed by atoms with Gasteiger partial charge < -0.3 is 10.2 Å². The molecule has 17 heavy (non-hydrogen) atoms. The third-order valence-corrected chi connectivity index (χ3v) is 3.75. The maximum Gasteiger partial charge on any atom is 0.134 e. The van der Waals surface area contributed by atoms with E-state index < -0.39 is 0 Å². The van der Waals surface area contributed by atoms with E-state index in [9.17, 15) is 0 Å². The highest BCUT2D eigenvalue weighted by molar-refractivity contribution is 7.15. The Labute approximate surface area is 103 Å². The molecule has 2 heterocycles. The Morgan fingerprint density at radius 2 is 2.18 bits per heavy atom. The molecule has 0 radical (unpaired) electrons. The standard InChI is InChI=1S/C13H12N2OS/c14-6-5-13-15-7-12(17-13)10-8-16-11-4-2-1-3-9(10)11/h1-4,7-8H,5-6,14H2. The van der Waals surface area contributed by atoms with Crippen molar-refractivity contribution in [2.75, 3.05) is 6.54 Å². The van der Waals surface area contributed by atoms with E-state index in [1.165, 1.54) is 0 Å². The van der Waals surface area contributed by atoms with Crippen LogP contribution in [0.25, 0.3) is 21.4 Å². The van der Waals surface area contributed by atoms with Crippen molar-refractivity contribution in [3.05, 3.63) is 41.7 Å². The van der Waals surface area contributed by atoms with Gasteiger partial charge in [0, 0.05) is 23.6 Å². The zero-order valence-electron chi connectivity index (χ0n) is 9.22. The predicted molar refractivity (Wildman–Crippen MR) is 70.1 cm³/mol. The van der Waals surface area contributed by atoms with Crippen LogP contribution >= 0.6 is 11.3 Å². The minimum absolute atomic E-state index is 0.638. The summed E-state index contributed by atoms with van der Waals surface area (Å²) in [5, 5.41) is 2.21. The van der Waals surface area contributed by atoms with Gasteiger partial charge in [-0.2, -0.15) is 0 Å². The van der Waals surface area contributed by atoms with E-state index >= 15 is 0 Å². The number of hydrogen-bond donors (Lipinski definition) is 1. The lowest BCUT2D eigenvalue weighted by atomic mass is 10.1. The summed E-state index contributed by atoms with van der Waals surface area (Å²) in [6.45, 7) is 0.638. The van der Waals surface area contributed by atoms with Gasteiger partial charge in [0.1, 0.15) is 11.8 Å². The van der Waals surface area contributed by atoms with Crippen molar-refractivity contribution in [2.24, 2.45) is 5.73 Å². The van der Waals surface area contributed by atoms with Gasteiger partial charge in [-0.1, -0.05) is 18.2 Å². The molecule has 0 aliphatic carbocycles. The number of aromatic nitrogens is 1. The van der Waals surface area contributed by atoms with E-state index in [2.05, 4.69) is 11.1 Å². The van der Waals surface area contributed by atoms with Gasteiger partial charge in [0.2, 0.25) is 0 Å². The SMILES string of the molecule is NCCc1ncc(-c2coc3ccccc23)s1. The minimum Gasteiger partial charge on any atom is -0.464 e. The second kappa shape index (κ2) is 4.31. The molecular formula is C13H12N2OS. The highest BCUT2D eigenvalue weighted by Crippen LogP contribution is 2.33. The molecule has 1 aromatic carbocycles. The van der Waals surface area contributed by atoms with Crippen LogP contribution in [0.4, 0.5) is 0 Å². The molecule has 0 bridgehead atoms. The molecule has 0 amide bonds. The molecule has 0 saturated heterocycles. The largest absolute Gasteiger partial charge is 0.464 e. The van der Waals surface area contributed by atoms with Crippen LogP contribution in [0.5, 0.6) is 0 Å². The number of furan rings is 1. The lowest BCUT2D eigenvalue weighted by Crippen LogP contribution is -2.01. The van der Waals surface area contributed by atoms with Gasteiger partial charge in [-0.25, -0.2) is 4.98 Å². The van der Waals surface area contributed by atoms with Gasteiger partial charge >= 0.3 is 0 Å². The fourth-order valence-corrected chi connectivity index (χ4v) is 2.80. The average molecular weight is 244 g/mol. The van der Waals surface area contributed by atoms with Crippen molar-refractivity contribution >= 4 is 22.3 Å². The molecule has 3 aromatic rings. The van der Waals surface area contributed by atoms with Crippen molar-refractivity contribution < 1.29 is 4.42 Å². The van der Waals surface area contributed by atoms with Crippen LogP contribution in [-0.4, -0.2) is 11.5 Å². The highest BCUT2D eigenvalue weighted by atomic mass is 32.1. The second-order valence-electron chi connectivity index (χ2n) is 3.80. The quantitative estimate of drug-likeness (QED) is 0.770. The van der Waals surface area contributed by atoms with Crippen LogP contribution in [-0.2, 0) is 6.42 Å². The highest BCUT2D eigenvalue weighted by Gasteiger charge is 2.10. The van der Waals surface area contributed by atoms with Crippen molar-refractivity contribution in [3.63, 3.8) is 0 Å². The molecule has 0 aliphatic rings. The summed E-state index contributed by atoms with van der Waals surface area (Å²) in [6.07, 6.45) is 4.53. The van der Waals surface area contributed by atoms with Gasteiger partial charge in [-0.05, 0) is 12.6 Å². The van der Waals surface area contributed by atoms with Crippen LogP contribution < -0.4 is 5.73 Å². The smallest absolute Gasteiger partial charge is 0.134 e. The van der Waals surface area contributed by atoms with Gasteiger partial charge in [0.25, 0.3) is 0 Å². The molecule has 0 atom stereocenters. The Kier molecular flexibility index (Phi) is 2.66. The normalized spacial score (nSPS) is 11.1. The summed E-state index contributed by atoms with van der Waals surface area (Å²) in [4.78, 5) is 5.50. The fraction of sp³-hybridized carbons (Fsp3) is 0.154. The van der Waals surface area contributed by atoms with E-state index in [4.69, 9.17) is 10.2 Å². The Morgan fingerprint density at radius 3 is 3.06 bits per heavy atom. The molecule has 3 nitrogen and oxygen atoms in total. The summed E-state index contributed by atoms with van der Waals surface area (Å²) in [7, 11) is 0. The van der Waals surface area contributed by atoms with E-state index in [0.29, 0.717) is 6.54 Å². The van der Waals surface area contributed by atoms with E-state index in [-0.39, 0.29) is 0 Å². The summed E-state index contributed by atoms with van der Waals surface area (Å²) in [6, 6.07) is 8.03. The summed E-state index contributed by atoms with van der Waals surface area (Å²) in [5.41, 5.74) is 7.55. The fourth-order valence-electron chi connectivity index (χ4n) is 1.84. The zero-order chi connectivity index (χ0) is 11.7. The van der Waals surface area contributed by atoms with Gasteiger partial charge in [-0.15, -0.1) is 11.3 Å². The number of thiazole rings is 1.